The zero-order valence-electron chi connectivity index (χ0n) is 13.0. The summed E-state index contributed by atoms with van der Waals surface area (Å²) in [6.07, 6.45) is 1.42. The first-order valence-electron chi connectivity index (χ1n) is 7.01. The molecule has 1 aromatic rings. The lowest BCUT2D eigenvalue weighted by atomic mass is 10.0. The Hall–Kier alpha value is -2.38. The monoisotopic (exact) mass is 323 g/mol. The van der Waals surface area contributed by atoms with Crippen LogP contribution in [-0.4, -0.2) is 58.9 Å². The SMILES string of the molecule is CN(C)[C@@H]1COc2ccccc2[C@H](O)C1.O=C(O)/C=C\C(=O)O. The van der Waals surface area contributed by atoms with Crippen LogP contribution in [0.3, 0.4) is 0 Å². The number of carboxylic acid groups (broad SMARTS) is 2. The fourth-order valence-electron chi connectivity index (χ4n) is 2.03. The minimum absolute atomic E-state index is 0.271. The van der Waals surface area contributed by atoms with E-state index in [1.165, 1.54) is 0 Å². The number of carbonyl (C=O) groups is 2. The molecule has 0 saturated heterocycles. The third-order valence-electron chi connectivity index (χ3n) is 3.30. The second-order valence-corrected chi connectivity index (χ2v) is 5.23. The van der Waals surface area contributed by atoms with Crippen LogP contribution in [-0.2, 0) is 9.59 Å². The number of benzene rings is 1. The van der Waals surface area contributed by atoms with Crippen LogP contribution in [0.4, 0.5) is 0 Å². The molecule has 126 valence electrons. The van der Waals surface area contributed by atoms with Crippen molar-refractivity contribution >= 4 is 11.9 Å². The average molecular weight is 323 g/mol. The Balaban J connectivity index is 0.000000284. The summed E-state index contributed by atoms with van der Waals surface area (Å²) in [6.45, 7) is 0.640. The molecule has 0 spiro atoms. The average Bonchev–Trinajstić information content (AvgIpc) is 2.66. The molecule has 0 unspecified atom stereocenters. The molecular formula is C16H21NO6. The largest absolute Gasteiger partial charge is 0.492 e. The third kappa shape index (κ3) is 6.50. The van der Waals surface area contributed by atoms with Gasteiger partial charge in [-0.3, -0.25) is 0 Å². The Kier molecular flexibility index (Phi) is 7.24. The van der Waals surface area contributed by atoms with E-state index in [1.807, 2.05) is 38.4 Å². The van der Waals surface area contributed by atoms with E-state index in [0.717, 1.165) is 17.7 Å². The van der Waals surface area contributed by atoms with E-state index in [4.69, 9.17) is 14.9 Å². The predicted molar refractivity (Wildman–Crippen MR) is 83.4 cm³/mol. The summed E-state index contributed by atoms with van der Waals surface area (Å²) in [7, 11) is 4.02. The van der Waals surface area contributed by atoms with E-state index in [0.29, 0.717) is 18.8 Å². The van der Waals surface area contributed by atoms with Gasteiger partial charge in [0.1, 0.15) is 12.4 Å². The van der Waals surface area contributed by atoms with E-state index >= 15 is 0 Å². The Bertz CT molecular complexity index is 553. The van der Waals surface area contributed by atoms with Crippen molar-refractivity contribution in [3.05, 3.63) is 42.0 Å². The van der Waals surface area contributed by atoms with Gasteiger partial charge in [-0.2, -0.15) is 0 Å². The molecule has 7 nitrogen and oxygen atoms in total. The molecule has 23 heavy (non-hydrogen) atoms. The van der Waals surface area contributed by atoms with Crippen LogP contribution < -0.4 is 4.74 Å². The number of ether oxygens (including phenoxy) is 1. The molecule has 0 radical (unpaired) electrons. The van der Waals surface area contributed by atoms with Gasteiger partial charge in [0.25, 0.3) is 0 Å². The maximum absolute atomic E-state index is 10.1. The Morgan fingerprint density at radius 3 is 2.26 bits per heavy atom. The number of fused-ring (bicyclic) bond motifs is 1. The van der Waals surface area contributed by atoms with Crippen molar-refractivity contribution in [2.24, 2.45) is 0 Å². The fourth-order valence-corrected chi connectivity index (χ4v) is 2.03. The van der Waals surface area contributed by atoms with Gasteiger partial charge in [-0.25, -0.2) is 9.59 Å². The van der Waals surface area contributed by atoms with Crippen molar-refractivity contribution in [1.29, 1.82) is 0 Å². The molecule has 0 bridgehead atoms. The van der Waals surface area contributed by atoms with Crippen molar-refractivity contribution < 1.29 is 29.6 Å². The number of carboxylic acids is 2. The Labute approximate surface area is 134 Å². The summed E-state index contributed by atoms with van der Waals surface area (Å²) in [5, 5.41) is 25.7. The van der Waals surface area contributed by atoms with Crippen LogP contribution in [0, 0.1) is 0 Å². The predicted octanol–water partition coefficient (Wildman–Crippen LogP) is 1.14. The van der Waals surface area contributed by atoms with Crippen molar-refractivity contribution in [2.75, 3.05) is 20.7 Å². The number of aliphatic carboxylic acids is 2. The van der Waals surface area contributed by atoms with E-state index in [9.17, 15) is 14.7 Å². The molecule has 0 aromatic heterocycles. The van der Waals surface area contributed by atoms with Gasteiger partial charge in [-0.05, 0) is 26.6 Å². The fraction of sp³-hybridized carbons (Fsp3) is 0.375. The highest BCUT2D eigenvalue weighted by Gasteiger charge is 2.24. The van der Waals surface area contributed by atoms with Crippen molar-refractivity contribution in [3.63, 3.8) is 0 Å². The Morgan fingerprint density at radius 1 is 1.17 bits per heavy atom. The van der Waals surface area contributed by atoms with Gasteiger partial charge < -0.3 is 25.0 Å². The molecule has 1 heterocycles. The van der Waals surface area contributed by atoms with Crippen LogP contribution in [0.5, 0.6) is 5.75 Å². The quantitative estimate of drug-likeness (QED) is 0.716. The molecule has 0 aliphatic carbocycles. The second kappa shape index (κ2) is 8.92. The standard InChI is InChI=1S/C12H17NO2.C4H4O4/c1-13(2)9-7-11(14)10-5-3-4-6-12(10)15-8-9;5-3(6)1-2-4(7)8/h3-6,9,11,14H,7-8H2,1-2H3;1-2H,(H,5,6)(H,7,8)/b;2-1-/t9-,11+;/m0./s1. The van der Waals surface area contributed by atoms with Crippen molar-refractivity contribution in [1.82, 2.24) is 4.90 Å². The lowest BCUT2D eigenvalue weighted by Crippen LogP contribution is -2.33. The summed E-state index contributed by atoms with van der Waals surface area (Å²) in [5.41, 5.74) is 0.904. The molecule has 1 aromatic carbocycles. The number of para-hydroxylation sites is 1. The summed E-state index contributed by atoms with van der Waals surface area (Å²) >= 11 is 0. The minimum Gasteiger partial charge on any atom is -0.492 e. The first-order chi connectivity index (χ1) is 10.8. The highest BCUT2D eigenvalue weighted by Crippen LogP contribution is 2.31. The van der Waals surface area contributed by atoms with Crippen LogP contribution in [0.25, 0.3) is 0 Å². The molecule has 0 saturated carbocycles. The van der Waals surface area contributed by atoms with Crippen LogP contribution in [0.15, 0.2) is 36.4 Å². The zero-order chi connectivity index (χ0) is 17.4. The molecular weight excluding hydrogens is 302 g/mol. The number of nitrogens with zero attached hydrogens (tertiary/aromatic N) is 1. The van der Waals surface area contributed by atoms with Gasteiger partial charge >= 0.3 is 11.9 Å². The maximum atomic E-state index is 10.1. The molecule has 1 aliphatic heterocycles. The third-order valence-corrected chi connectivity index (χ3v) is 3.30. The zero-order valence-corrected chi connectivity index (χ0v) is 13.0. The summed E-state index contributed by atoms with van der Waals surface area (Å²) in [4.78, 5) is 21.2. The second-order valence-electron chi connectivity index (χ2n) is 5.23. The number of rotatable bonds is 3. The number of aliphatic hydroxyl groups excluding tert-OH is 1. The van der Waals surface area contributed by atoms with E-state index in [1.54, 1.807) is 0 Å². The van der Waals surface area contributed by atoms with E-state index in [-0.39, 0.29) is 6.04 Å². The molecule has 3 N–H and O–H groups in total. The maximum Gasteiger partial charge on any atom is 0.328 e. The number of hydrogen-bond acceptors (Lipinski definition) is 5. The topological polar surface area (TPSA) is 107 Å². The lowest BCUT2D eigenvalue weighted by Gasteiger charge is -2.22. The summed E-state index contributed by atoms with van der Waals surface area (Å²) in [5.74, 6) is -1.70. The normalized spacial score (nSPS) is 20.0. The molecule has 7 heteroatoms. The van der Waals surface area contributed by atoms with Gasteiger partial charge in [0.2, 0.25) is 0 Å². The van der Waals surface area contributed by atoms with Crippen LogP contribution in [0.1, 0.15) is 18.1 Å². The molecule has 0 amide bonds. The number of hydrogen-bond donors (Lipinski definition) is 3. The van der Waals surface area contributed by atoms with E-state index < -0.39 is 18.0 Å². The molecule has 1 aliphatic rings. The minimum atomic E-state index is -1.26. The first kappa shape index (κ1) is 18.7. The lowest BCUT2D eigenvalue weighted by molar-refractivity contribution is -0.134. The van der Waals surface area contributed by atoms with Gasteiger partial charge in [-0.15, -0.1) is 0 Å². The Morgan fingerprint density at radius 2 is 1.74 bits per heavy atom. The summed E-state index contributed by atoms with van der Waals surface area (Å²) in [6, 6.07) is 7.98. The van der Waals surface area contributed by atoms with Crippen molar-refractivity contribution in [2.45, 2.75) is 18.6 Å². The van der Waals surface area contributed by atoms with Crippen LogP contribution in [0.2, 0.25) is 0 Å². The number of aliphatic hydroxyl groups is 1. The van der Waals surface area contributed by atoms with Gasteiger partial charge in [0, 0.05) is 23.8 Å². The highest BCUT2D eigenvalue weighted by atomic mass is 16.5. The molecule has 2 rings (SSSR count). The van der Waals surface area contributed by atoms with Crippen LogP contribution >= 0.6 is 0 Å². The van der Waals surface area contributed by atoms with E-state index in [2.05, 4.69) is 4.90 Å². The molecule has 0 fully saturated rings. The first-order valence-corrected chi connectivity index (χ1v) is 7.01. The van der Waals surface area contributed by atoms with Gasteiger partial charge in [0.15, 0.2) is 0 Å². The molecule has 2 atom stereocenters. The van der Waals surface area contributed by atoms with Gasteiger partial charge in [0.05, 0.1) is 6.10 Å². The number of likely N-dealkylation sites (N-methyl/N-ethyl adjacent to an activating group) is 1. The summed E-state index contributed by atoms with van der Waals surface area (Å²) < 4.78 is 5.69. The smallest absolute Gasteiger partial charge is 0.328 e. The van der Waals surface area contributed by atoms with Crippen molar-refractivity contribution in [3.8, 4) is 5.75 Å². The van der Waals surface area contributed by atoms with Gasteiger partial charge in [-0.1, -0.05) is 18.2 Å². The highest BCUT2D eigenvalue weighted by molar-refractivity contribution is 5.89.